The Bertz CT molecular complexity index is 1280. The normalized spacial score (nSPS) is 10.8. The molecule has 0 aliphatic heterocycles. The highest BCUT2D eigenvalue weighted by Gasteiger charge is 2.18. The van der Waals surface area contributed by atoms with Crippen LogP contribution >= 0.6 is 0 Å². The van der Waals surface area contributed by atoms with Gasteiger partial charge in [0.1, 0.15) is 5.52 Å². The molecule has 0 radical (unpaired) electrons. The molecule has 0 amide bonds. The molecule has 0 aliphatic rings. The molecule has 0 N–H and O–H groups in total. The van der Waals surface area contributed by atoms with Gasteiger partial charge in [0, 0.05) is 18.2 Å². The minimum Gasteiger partial charge on any atom is -0.493 e. The summed E-state index contributed by atoms with van der Waals surface area (Å²) >= 11 is 0. The highest BCUT2D eigenvalue weighted by atomic mass is 19.1. The quantitative estimate of drug-likeness (QED) is 0.338. The fourth-order valence-electron chi connectivity index (χ4n) is 3.31. The highest BCUT2D eigenvalue weighted by Crippen LogP contribution is 2.39. The van der Waals surface area contributed by atoms with Gasteiger partial charge in [-0.1, -0.05) is 11.3 Å². The molecule has 4 rings (SSSR count). The number of nitro benzene ring substituents is 1. The van der Waals surface area contributed by atoms with E-state index >= 15 is 0 Å². The summed E-state index contributed by atoms with van der Waals surface area (Å²) in [6.07, 6.45) is 0. The Morgan fingerprint density at radius 3 is 2.16 bits per heavy atom. The Hall–Kier alpha value is -4.21. The number of methoxy groups -OCH3 is 3. The van der Waals surface area contributed by atoms with Crippen molar-refractivity contribution in [3.05, 3.63) is 64.5 Å². The molecule has 0 unspecified atom stereocenters. The van der Waals surface area contributed by atoms with Gasteiger partial charge in [0.15, 0.2) is 11.5 Å². The van der Waals surface area contributed by atoms with Gasteiger partial charge in [-0.3, -0.25) is 10.1 Å². The number of fused-ring (bicyclic) bond motifs is 1. The first-order valence-electron chi connectivity index (χ1n) is 9.07. The van der Waals surface area contributed by atoms with Crippen LogP contribution in [0.1, 0.15) is 0 Å². The average molecular weight is 424 g/mol. The first-order chi connectivity index (χ1) is 15.0. The van der Waals surface area contributed by atoms with Crippen molar-refractivity contribution >= 4 is 16.7 Å². The van der Waals surface area contributed by atoms with Crippen molar-refractivity contribution in [1.82, 2.24) is 15.0 Å². The number of ether oxygens (including phenoxy) is 3. The zero-order chi connectivity index (χ0) is 22.1. The smallest absolute Gasteiger partial charge is 0.304 e. The molecule has 1 heterocycles. The molecule has 0 saturated carbocycles. The van der Waals surface area contributed by atoms with Gasteiger partial charge < -0.3 is 14.2 Å². The summed E-state index contributed by atoms with van der Waals surface area (Å²) in [4.78, 5) is 10.1. The molecular formula is C21H17FN4O5. The van der Waals surface area contributed by atoms with Crippen molar-refractivity contribution in [3.63, 3.8) is 0 Å². The van der Waals surface area contributed by atoms with Crippen LogP contribution in [-0.4, -0.2) is 41.2 Å². The number of halogens is 1. The predicted octanol–water partition coefficient (Wildman–Crippen LogP) is 4.16. The van der Waals surface area contributed by atoms with Crippen LogP contribution in [0.5, 0.6) is 17.2 Å². The van der Waals surface area contributed by atoms with Crippen molar-refractivity contribution < 1.29 is 23.5 Å². The molecule has 0 fully saturated rings. The molecule has 0 saturated heterocycles. The van der Waals surface area contributed by atoms with Crippen LogP contribution in [0.15, 0.2) is 48.5 Å². The van der Waals surface area contributed by atoms with Gasteiger partial charge in [0.25, 0.3) is 0 Å². The minimum atomic E-state index is -0.904. The van der Waals surface area contributed by atoms with E-state index in [0.29, 0.717) is 45.1 Å². The molecule has 158 valence electrons. The van der Waals surface area contributed by atoms with Crippen molar-refractivity contribution in [3.8, 4) is 34.1 Å². The Morgan fingerprint density at radius 2 is 1.58 bits per heavy atom. The fourth-order valence-corrected chi connectivity index (χ4v) is 3.31. The molecule has 0 atom stereocenters. The zero-order valence-corrected chi connectivity index (χ0v) is 16.8. The molecule has 10 heteroatoms. The molecule has 0 bridgehead atoms. The van der Waals surface area contributed by atoms with Gasteiger partial charge in [-0.25, -0.2) is 4.68 Å². The Labute approximate surface area is 175 Å². The minimum absolute atomic E-state index is 0.445. The number of hydrogen-bond acceptors (Lipinski definition) is 7. The summed E-state index contributed by atoms with van der Waals surface area (Å²) in [5, 5.41) is 19.3. The van der Waals surface area contributed by atoms with E-state index in [-0.39, 0.29) is 0 Å². The first kappa shape index (κ1) is 20.1. The van der Waals surface area contributed by atoms with E-state index in [2.05, 4.69) is 10.3 Å². The number of nitrogens with zero attached hydrogens (tertiary/aromatic N) is 4. The standard InChI is InChI=1S/C21H17FN4O5/c1-29-19-10-14(11-20(30-2)21(19)31-3)25-18-9-13(4-6-16(18)23-24-25)12-5-7-17(26(27)28)15(22)8-12/h4-11H,1-3H3. The van der Waals surface area contributed by atoms with E-state index in [1.165, 1.54) is 27.4 Å². The van der Waals surface area contributed by atoms with Crippen LogP contribution in [0, 0.1) is 15.9 Å². The maximum absolute atomic E-state index is 14.1. The number of aromatic nitrogens is 3. The molecule has 3 aromatic carbocycles. The lowest BCUT2D eigenvalue weighted by molar-refractivity contribution is -0.387. The van der Waals surface area contributed by atoms with Gasteiger partial charge in [0.2, 0.25) is 11.6 Å². The van der Waals surface area contributed by atoms with E-state index in [1.54, 1.807) is 35.0 Å². The van der Waals surface area contributed by atoms with Crippen molar-refractivity contribution in [2.45, 2.75) is 0 Å². The van der Waals surface area contributed by atoms with E-state index < -0.39 is 16.4 Å². The Kier molecular flexibility index (Phi) is 5.12. The monoisotopic (exact) mass is 424 g/mol. The maximum Gasteiger partial charge on any atom is 0.304 e. The van der Waals surface area contributed by atoms with Gasteiger partial charge in [-0.15, -0.1) is 5.10 Å². The summed E-state index contributed by atoms with van der Waals surface area (Å²) in [7, 11) is 4.55. The van der Waals surface area contributed by atoms with Crippen LogP contribution < -0.4 is 14.2 Å². The van der Waals surface area contributed by atoms with E-state index in [1.807, 2.05) is 0 Å². The number of benzene rings is 3. The summed E-state index contributed by atoms with van der Waals surface area (Å²) in [5.41, 5.74) is 2.43. The van der Waals surface area contributed by atoms with Crippen molar-refractivity contribution in [1.29, 1.82) is 0 Å². The lowest BCUT2D eigenvalue weighted by Gasteiger charge is -2.14. The maximum atomic E-state index is 14.1. The van der Waals surface area contributed by atoms with Gasteiger partial charge >= 0.3 is 5.69 Å². The zero-order valence-electron chi connectivity index (χ0n) is 16.8. The largest absolute Gasteiger partial charge is 0.493 e. The highest BCUT2D eigenvalue weighted by molar-refractivity contribution is 5.83. The van der Waals surface area contributed by atoms with E-state index in [0.717, 1.165) is 12.1 Å². The second kappa shape index (κ2) is 7.90. The van der Waals surface area contributed by atoms with Crippen LogP contribution in [-0.2, 0) is 0 Å². The van der Waals surface area contributed by atoms with E-state index in [9.17, 15) is 14.5 Å². The predicted molar refractivity (Wildman–Crippen MR) is 111 cm³/mol. The third kappa shape index (κ3) is 3.48. The van der Waals surface area contributed by atoms with Crippen LogP contribution in [0.4, 0.5) is 10.1 Å². The summed E-state index contributed by atoms with van der Waals surface area (Å²) < 4.78 is 31.9. The fraction of sp³-hybridized carbons (Fsp3) is 0.143. The average Bonchev–Trinajstić information content (AvgIpc) is 3.20. The third-order valence-electron chi connectivity index (χ3n) is 4.82. The first-order valence-corrected chi connectivity index (χ1v) is 9.07. The second-order valence-corrected chi connectivity index (χ2v) is 6.51. The van der Waals surface area contributed by atoms with Gasteiger partial charge in [-0.2, -0.15) is 4.39 Å². The van der Waals surface area contributed by atoms with Crippen LogP contribution in [0.3, 0.4) is 0 Å². The Balaban J connectivity index is 1.85. The summed E-state index contributed by atoms with van der Waals surface area (Å²) in [6, 6.07) is 12.5. The molecule has 0 aliphatic carbocycles. The number of nitro groups is 1. The third-order valence-corrected chi connectivity index (χ3v) is 4.82. The summed E-state index contributed by atoms with van der Waals surface area (Å²) in [5.74, 6) is 0.447. The molecule has 31 heavy (non-hydrogen) atoms. The molecule has 1 aromatic heterocycles. The molecule has 0 spiro atoms. The summed E-state index contributed by atoms with van der Waals surface area (Å²) in [6.45, 7) is 0. The topological polar surface area (TPSA) is 102 Å². The van der Waals surface area contributed by atoms with Crippen LogP contribution in [0.25, 0.3) is 27.8 Å². The molecule has 4 aromatic rings. The van der Waals surface area contributed by atoms with Crippen molar-refractivity contribution in [2.24, 2.45) is 0 Å². The van der Waals surface area contributed by atoms with Crippen molar-refractivity contribution in [2.75, 3.05) is 21.3 Å². The Morgan fingerprint density at radius 1 is 0.935 bits per heavy atom. The number of rotatable bonds is 6. The van der Waals surface area contributed by atoms with Crippen LogP contribution in [0.2, 0.25) is 0 Å². The SMILES string of the molecule is COc1cc(-n2nnc3ccc(-c4ccc([N+](=O)[O-])c(F)c4)cc32)cc(OC)c1OC. The van der Waals surface area contributed by atoms with Gasteiger partial charge in [0.05, 0.1) is 37.5 Å². The molecular weight excluding hydrogens is 407 g/mol. The lowest BCUT2D eigenvalue weighted by atomic mass is 10.0. The van der Waals surface area contributed by atoms with Gasteiger partial charge in [-0.05, 0) is 35.4 Å². The van der Waals surface area contributed by atoms with E-state index in [4.69, 9.17) is 14.2 Å². The molecule has 9 nitrogen and oxygen atoms in total. The lowest BCUT2D eigenvalue weighted by Crippen LogP contribution is -2.01. The number of hydrogen-bond donors (Lipinski definition) is 0. The second-order valence-electron chi connectivity index (χ2n) is 6.51.